The Morgan fingerprint density at radius 1 is 1.04 bits per heavy atom. The number of hydrogen-bond donors (Lipinski definition) is 0. The van der Waals surface area contributed by atoms with Crippen LogP contribution in [0, 0.1) is 13.8 Å². The van der Waals surface area contributed by atoms with Crippen LogP contribution in [0.1, 0.15) is 41.6 Å². The van der Waals surface area contributed by atoms with Crippen LogP contribution < -0.4 is 0 Å². The molecule has 0 atom stereocenters. The predicted molar refractivity (Wildman–Crippen MR) is 113 cm³/mol. The highest BCUT2D eigenvalue weighted by atomic mass is 79.9. The Kier molecular flexibility index (Phi) is 6.03. The van der Waals surface area contributed by atoms with E-state index in [0.717, 1.165) is 15.9 Å². The summed E-state index contributed by atoms with van der Waals surface area (Å²) in [6.07, 6.45) is 0. The quantitative estimate of drug-likeness (QED) is 0.689. The van der Waals surface area contributed by atoms with Crippen molar-refractivity contribution in [3.05, 3.63) is 51.8 Å². The van der Waals surface area contributed by atoms with Crippen molar-refractivity contribution in [1.29, 1.82) is 0 Å². The first-order chi connectivity index (χ1) is 13.1. The number of rotatable bonds is 4. The molecule has 0 bridgehead atoms. The fourth-order valence-corrected chi connectivity index (χ4v) is 5.53. The number of aromatic nitrogens is 1. The van der Waals surface area contributed by atoms with Crippen LogP contribution in [-0.4, -0.2) is 54.3 Å². The van der Waals surface area contributed by atoms with E-state index in [1.54, 1.807) is 29.2 Å². The van der Waals surface area contributed by atoms with E-state index < -0.39 is 10.0 Å². The van der Waals surface area contributed by atoms with Gasteiger partial charge in [0.2, 0.25) is 10.0 Å². The van der Waals surface area contributed by atoms with Crippen molar-refractivity contribution >= 4 is 31.9 Å². The Balaban J connectivity index is 1.73. The number of aryl methyl sites for hydroxylation is 1. The summed E-state index contributed by atoms with van der Waals surface area (Å²) in [4.78, 5) is 15.0. The van der Waals surface area contributed by atoms with E-state index in [9.17, 15) is 13.2 Å². The smallest absolute Gasteiger partial charge is 0.255 e. The van der Waals surface area contributed by atoms with Crippen LogP contribution >= 0.6 is 15.9 Å². The van der Waals surface area contributed by atoms with Crippen molar-refractivity contribution in [3.8, 4) is 0 Å². The lowest BCUT2D eigenvalue weighted by Crippen LogP contribution is -2.50. The van der Waals surface area contributed by atoms with Crippen molar-refractivity contribution in [2.45, 2.75) is 38.6 Å². The molecule has 1 aromatic heterocycles. The molecule has 0 unspecified atom stereocenters. The molecule has 1 aliphatic heterocycles. The van der Waals surface area contributed by atoms with Gasteiger partial charge in [0.25, 0.3) is 5.91 Å². The van der Waals surface area contributed by atoms with E-state index in [4.69, 9.17) is 0 Å². The van der Waals surface area contributed by atoms with Gasteiger partial charge < -0.3 is 9.47 Å². The molecule has 152 valence electrons. The Labute approximate surface area is 175 Å². The molecule has 8 heteroatoms. The number of carbonyl (C=O) groups is 1. The largest absolute Gasteiger partial charge is 0.346 e. The monoisotopic (exact) mass is 467 g/mol. The fourth-order valence-electron chi connectivity index (χ4n) is 3.85. The first-order valence-corrected chi connectivity index (χ1v) is 11.6. The van der Waals surface area contributed by atoms with Gasteiger partial charge in [0.05, 0.1) is 10.5 Å². The molecule has 2 heterocycles. The Hall–Kier alpha value is -1.64. The highest BCUT2D eigenvalue weighted by Crippen LogP contribution is 2.24. The number of piperazine rings is 1. The SMILES string of the molecule is Cc1cc(C(=O)N2CCN(S(=O)(=O)c3ccc(Br)cc3)CC2)c(C)n1C(C)C. The Bertz CT molecular complexity index is 973. The second-order valence-electron chi connectivity index (χ2n) is 7.40. The van der Waals surface area contributed by atoms with Gasteiger partial charge in [0, 0.05) is 48.1 Å². The molecule has 1 saturated heterocycles. The van der Waals surface area contributed by atoms with Crippen molar-refractivity contribution in [3.63, 3.8) is 0 Å². The third-order valence-corrected chi connectivity index (χ3v) is 7.65. The van der Waals surface area contributed by atoms with Crippen LogP contribution in [-0.2, 0) is 10.0 Å². The fraction of sp³-hybridized carbons (Fsp3) is 0.450. The zero-order valence-electron chi connectivity index (χ0n) is 16.6. The molecule has 3 rings (SSSR count). The normalized spacial score (nSPS) is 16.0. The molecule has 0 saturated carbocycles. The van der Waals surface area contributed by atoms with Gasteiger partial charge in [-0.1, -0.05) is 15.9 Å². The average Bonchev–Trinajstić information content (AvgIpc) is 2.96. The van der Waals surface area contributed by atoms with Gasteiger partial charge in [-0.15, -0.1) is 0 Å². The topological polar surface area (TPSA) is 62.6 Å². The average molecular weight is 468 g/mol. The van der Waals surface area contributed by atoms with Crippen LogP contribution in [0.2, 0.25) is 0 Å². The zero-order valence-corrected chi connectivity index (χ0v) is 19.0. The van der Waals surface area contributed by atoms with Crippen LogP contribution in [0.15, 0.2) is 39.7 Å². The van der Waals surface area contributed by atoms with Gasteiger partial charge >= 0.3 is 0 Å². The Morgan fingerprint density at radius 3 is 2.11 bits per heavy atom. The summed E-state index contributed by atoms with van der Waals surface area (Å²) < 4.78 is 30.1. The molecule has 0 N–H and O–H groups in total. The summed E-state index contributed by atoms with van der Waals surface area (Å²) in [5.74, 6) is -0.0271. The summed E-state index contributed by atoms with van der Waals surface area (Å²) >= 11 is 3.32. The molecule has 1 fully saturated rings. The first kappa shape index (κ1) is 21.1. The molecule has 0 aliphatic carbocycles. The Morgan fingerprint density at radius 2 is 1.61 bits per heavy atom. The third kappa shape index (κ3) is 3.90. The van der Waals surface area contributed by atoms with Crippen molar-refractivity contribution in [2.75, 3.05) is 26.2 Å². The molecular formula is C20H26BrN3O3S. The highest BCUT2D eigenvalue weighted by Gasteiger charge is 2.31. The molecule has 1 aliphatic rings. The zero-order chi connectivity index (χ0) is 20.6. The van der Waals surface area contributed by atoms with Crippen LogP contribution in [0.5, 0.6) is 0 Å². The van der Waals surface area contributed by atoms with E-state index in [2.05, 4.69) is 34.3 Å². The van der Waals surface area contributed by atoms with E-state index in [1.807, 2.05) is 19.9 Å². The van der Waals surface area contributed by atoms with Gasteiger partial charge in [-0.05, 0) is 58.0 Å². The van der Waals surface area contributed by atoms with E-state index in [0.29, 0.717) is 31.7 Å². The van der Waals surface area contributed by atoms with Gasteiger partial charge in [0.15, 0.2) is 0 Å². The lowest BCUT2D eigenvalue weighted by molar-refractivity contribution is 0.0697. The molecule has 1 amide bonds. The van der Waals surface area contributed by atoms with Gasteiger partial charge in [0.1, 0.15) is 0 Å². The van der Waals surface area contributed by atoms with E-state index in [1.165, 1.54) is 4.31 Å². The van der Waals surface area contributed by atoms with E-state index >= 15 is 0 Å². The summed E-state index contributed by atoms with van der Waals surface area (Å²) in [7, 11) is -3.54. The number of nitrogens with zero attached hydrogens (tertiary/aromatic N) is 3. The molecule has 6 nitrogen and oxygen atoms in total. The highest BCUT2D eigenvalue weighted by molar-refractivity contribution is 9.10. The maximum absolute atomic E-state index is 13.0. The number of benzene rings is 1. The maximum Gasteiger partial charge on any atom is 0.255 e. The van der Waals surface area contributed by atoms with E-state index in [-0.39, 0.29) is 16.8 Å². The maximum atomic E-state index is 13.0. The third-order valence-electron chi connectivity index (χ3n) is 5.21. The standard InChI is InChI=1S/C20H26BrN3O3S/c1-14(2)24-15(3)13-19(16(24)4)20(25)22-9-11-23(12-10-22)28(26,27)18-7-5-17(21)6-8-18/h5-8,13-14H,9-12H2,1-4H3. The second kappa shape index (κ2) is 8.00. The first-order valence-electron chi connectivity index (χ1n) is 9.36. The minimum Gasteiger partial charge on any atom is -0.346 e. The summed E-state index contributed by atoms with van der Waals surface area (Å²) in [5.41, 5.74) is 2.73. The van der Waals surface area contributed by atoms with Crippen LogP contribution in [0.3, 0.4) is 0 Å². The van der Waals surface area contributed by atoms with Gasteiger partial charge in [-0.2, -0.15) is 4.31 Å². The summed E-state index contributed by atoms with van der Waals surface area (Å²) in [6.45, 7) is 9.54. The molecular weight excluding hydrogens is 442 g/mol. The number of sulfonamides is 1. The molecule has 2 aromatic rings. The minimum absolute atomic E-state index is 0.0271. The van der Waals surface area contributed by atoms with Crippen LogP contribution in [0.4, 0.5) is 0 Å². The summed E-state index contributed by atoms with van der Waals surface area (Å²) in [5, 5.41) is 0. The van der Waals surface area contributed by atoms with Crippen molar-refractivity contribution in [2.24, 2.45) is 0 Å². The number of carbonyl (C=O) groups excluding carboxylic acids is 1. The molecule has 1 aromatic carbocycles. The molecule has 0 radical (unpaired) electrons. The van der Waals surface area contributed by atoms with Crippen molar-refractivity contribution in [1.82, 2.24) is 13.8 Å². The lowest BCUT2D eigenvalue weighted by atomic mass is 10.2. The van der Waals surface area contributed by atoms with Crippen molar-refractivity contribution < 1.29 is 13.2 Å². The second-order valence-corrected chi connectivity index (χ2v) is 10.3. The van der Waals surface area contributed by atoms with Crippen LogP contribution in [0.25, 0.3) is 0 Å². The lowest BCUT2D eigenvalue weighted by Gasteiger charge is -2.34. The molecule has 0 spiro atoms. The van der Waals surface area contributed by atoms with Gasteiger partial charge in [-0.3, -0.25) is 4.79 Å². The summed E-state index contributed by atoms with van der Waals surface area (Å²) in [6, 6.07) is 8.85. The number of amides is 1. The number of halogens is 1. The minimum atomic E-state index is -3.54. The predicted octanol–water partition coefficient (Wildman–Crippen LogP) is 3.60. The number of hydrogen-bond acceptors (Lipinski definition) is 3. The molecule has 28 heavy (non-hydrogen) atoms. The van der Waals surface area contributed by atoms with Gasteiger partial charge in [-0.25, -0.2) is 8.42 Å².